The molecule has 5 N–H and O–H groups in total. The van der Waals surface area contributed by atoms with Gasteiger partial charge in [0.15, 0.2) is 0 Å². The van der Waals surface area contributed by atoms with E-state index in [9.17, 15) is 10.1 Å². The van der Waals surface area contributed by atoms with E-state index in [1.165, 1.54) is 11.3 Å². The van der Waals surface area contributed by atoms with Crippen molar-refractivity contribution in [1.29, 1.82) is 5.26 Å². The lowest BCUT2D eigenvalue weighted by Crippen LogP contribution is -2.25. The van der Waals surface area contributed by atoms with E-state index in [4.69, 9.17) is 11.5 Å². The highest BCUT2D eigenvalue weighted by atomic mass is 32.1. The van der Waals surface area contributed by atoms with Gasteiger partial charge in [0.1, 0.15) is 27.2 Å². The van der Waals surface area contributed by atoms with E-state index >= 15 is 0 Å². The Morgan fingerprint density at radius 3 is 2.64 bits per heavy atom. The summed E-state index contributed by atoms with van der Waals surface area (Å²) >= 11 is 1.21. The second-order valence-electron chi connectivity index (χ2n) is 6.00. The molecule has 3 aromatic rings. The van der Waals surface area contributed by atoms with E-state index in [2.05, 4.69) is 16.4 Å². The number of benzene rings is 1. The van der Waals surface area contributed by atoms with Gasteiger partial charge in [0.2, 0.25) is 0 Å². The summed E-state index contributed by atoms with van der Waals surface area (Å²) in [5.74, 6) is -0.0525. The van der Waals surface area contributed by atoms with Crippen molar-refractivity contribution in [1.82, 2.24) is 10.3 Å². The Morgan fingerprint density at radius 1 is 1.28 bits per heavy atom. The Kier molecular flexibility index (Phi) is 3.55. The van der Waals surface area contributed by atoms with Crippen LogP contribution in [0.1, 0.15) is 28.1 Å². The fourth-order valence-corrected chi connectivity index (χ4v) is 3.84. The van der Waals surface area contributed by atoms with Crippen LogP contribution in [0.25, 0.3) is 21.3 Å². The lowest BCUT2D eigenvalue weighted by Gasteiger charge is -2.09. The van der Waals surface area contributed by atoms with Gasteiger partial charge in [0.05, 0.1) is 5.69 Å². The molecular formula is C18H15N5OS. The first-order valence-electron chi connectivity index (χ1n) is 7.88. The van der Waals surface area contributed by atoms with Gasteiger partial charge in [-0.1, -0.05) is 30.3 Å². The van der Waals surface area contributed by atoms with Crippen molar-refractivity contribution in [3.8, 4) is 17.2 Å². The molecule has 1 saturated carbocycles. The van der Waals surface area contributed by atoms with Gasteiger partial charge in [-0.15, -0.1) is 11.3 Å². The molecule has 1 amide bonds. The SMILES string of the molecule is N#Cc1c(N)nc2sc(C(=O)NC3CC3)c(N)c2c1-c1ccccc1. The van der Waals surface area contributed by atoms with Crippen molar-refractivity contribution in [3.05, 3.63) is 40.8 Å². The molecule has 1 aromatic carbocycles. The Balaban J connectivity index is 1.99. The largest absolute Gasteiger partial charge is 0.397 e. The second kappa shape index (κ2) is 5.76. The van der Waals surface area contributed by atoms with Crippen LogP contribution in [0.5, 0.6) is 0 Å². The van der Waals surface area contributed by atoms with Crippen molar-refractivity contribution >= 4 is 39.0 Å². The molecule has 0 atom stereocenters. The third kappa shape index (κ3) is 2.57. The summed E-state index contributed by atoms with van der Waals surface area (Å²) in [4.78, 5) is 17.8. The highest BCUT2D eigenvalue weighted by molar-refractivity contribution is 7.21. The summed E-state index contributed by atoms with van der Waals surface area (Å²) < 4.78 is 0. The monoisotopic (exact) mass is 349 g/mol. The maximum Gasteiger partial charge on any atom is 0.263 e. The van der Waals surface area contributed by atoms with Crippen LogP contribution >= 0.6 is 11.3 Å². The number of carbonyl (C=O) groups is 1. The molecule has 4 rings (SSSR count). The molecule has 0 radical (unpaired) electrons. The summed E-state index contributed by atoms with van der Waals surface area (Å²) in [6, 6.07) is 11.8. The van der Waals surface area contributed by atoms with Gasteiger partial charge in [0, 0.05) is 17.0 Å². The number of nitrogen functional groups attached to an aromatic ring is 2. The first-order valence-corrected chi connectivity index (χ1v) is 8.69. The lowest BCUT2D eigenvalue weighted by molar-refractivity contribution is 0.0956. The first-order chi connectivity index (χ1) is 12.1. The lowest BCUT2D eigenvalue weighted by atomic mass is 9.97. The average Bonchev–Trinajstić information content (AvgIpc) is 3.37. The van der Waals surface area contributed by atoms with Gasteiger partial charge < -0.3 is 16.8 Å². The van der Waals surface area contributed by atoms with Gasteiger partial charge in [0.25, 0.3) is 5.91 Å². The number of thiophene rings is 1. The average molecular weight is 349 g/mol. The highest BCUT2D eigenvalue weighted by Crippen LogP contribution is 2.42. The van der Waals surface area contributed by atoms with E-state index in [-0.39, 0.29) is 23.3 Å². The topological polar surface area (TPSA) is 118 Å². The third-order valence-electron chi connectivity index (χ3n) is 4.20. The molecule has 7 heteroatoms. The van der Waals surface area contributed by atoms with Gasteiger partial charge in [-0.2, -0.15) is 5.26 Å². The standard InChI is InChI=1S/C18H15N5OS/c19-8-11-12(9-4-2-1-3-5-9)13-14(20)15(17(24)22-10-6-7-10)25-18(13)23-16(11)21/h1-5,10H,6-7,20H2,(H2,21,23)(H,22,24). The molecule has 0 unspecified atom stereocenters. The summed E-state index contributed by atoms with van der Waals surface area (Å²) in [7, 11) is 0. The number of amides is 1. The van der Waals surface area contributed by atoms with E-state index in [0.29, 0.717) is 26.3 Å². The van der Waals surface area contributed by atoms with E-state index in [1.54, 1.807) is 0 Å². The molecule has 2 heterocycles. The number of nitriles is 1. The maximum absolute atomic E-state index is 12.5. The number of nitrogens with zero attached hydrogens (tertiary/aromatic N) is 2. The van der Waals surface area contributed by atoms with Crippen LogP contribution < -0.4 is 16.8 Å². The molecule has 0 saturated heterocycles. The van der Waals surface area contributed by atoms with E-state index in [0.717, 1.165) is 18.4 Å². The normalized spacial score (nSPS) is 13.6. The molecule has 1 fully saturated rings. The molecule has 2 aromatic heterocycles. The van der Waals surface area contributed by atoms with Crippen molar-refractivity contribution in [3.63, 3.8) is 0 Å². The minimum atomic E-state index is -0.195. The molecule has 25 heavy (non-hydrogen) atoms. The zero-order valence-corrected chi connectivity index (χ0v) is 14.1. The second-order valence-corrected chi connectivity index (χ2v) is 7.00. The van der Waals surface area contributed by atoms with Gasteiger partial charge in [-0.3, -0.25) is 4.79 Å². The maximum atomic E-state index is 12.5. The zero-order chi connectivity index (χ0) is 17.6. The number of hydrogen-bond donors (Lipinski definition) is 3. The number of anilines is 2. The summed E-state index contributed by atoms with van der Waals surface area (Å²) in [6.45, 7) is 0. The molecule has 1 aliphatic carbocycles. The van der Waals surface area contributed by atoms with E-state index < -0.39 is 0 Å². The fourth-order valence-electron chi connectivity index (χ4n) is 2.82. The minimum Gasteiger partial charge on any atom is -0.397 e. The Bertz CT molecular complexity index is 1030. The minimum absolute atomic E-state index is 0.143. The fraction of sp³-hybridized carbons (Fsp3) is 0.167. The van der Waals surface area contributed by atoms with Crippen LogP contribution in [-0.2, 0) is 0 Å². The smallest absolute Gasteiger partial charge is 0.263 e. The number of hydrogen-bond acceptors (Lipinski definition) is 6. The van der Waals surface area contributed by atoms with Crippen molar-refractivity contribution in [2.75, 3.05) is 11.5 Å². The number of aromatic nitrogens is 1. The number of pyridine rings is 1. The Hall–Kier alpha value is -3.11. The quantitative estimate of drug-likeness (QED) is 0.672. The summed E-state index contributed by atoms with van der Waals surface area (Å²) in [5.41, 5.74) is 14.4. The van der Waals surface area contributed by atoms with Crippen molar-refractivity contribution in [2.45, 2.75) is 18.9 Å². The van der Waals surface area contributed by atoms with E-state index in [1.807, 2.05) is 30.3 Å². The van der Waals surface area contributed by atoms with Gasteiger partial charge in [-0.05, 0) is 18.4 Å². The van der Waals surface area contributed by atoms with Gasteiger partial charge in [-0.25, -0.2) is 4.98 Å². The molecule has 124 valence electrons. The molecule has 1 aliphatic rings. The number of nitrogens with one attached hydrogen (secondary N) is 1. The first kappa shape index (κ1) is 15.4. The summed E-state index contributed by atoms with van der Waals surface area (Å²) in [6.07, 6.45) is 1.99. The van der Waals surface area contributed by atoms with Crippen LogP contribution in [0.3, 0.4) is 0 Å². The number of carbonyl (C=O) groups excluding carboxylic acids is 1. The zero-order valence-electron chi connectivity index (χ0n) is 13.2. The summed E-state index contributed by atoms with van der Waals surface area (Å²) in [5, 5.41) is 13.1. The van der Waals surface area contributed by atoms with Gasteiger partial charge >= 0.3 is 0 Å². The molecule has 0 bridgehead atoms. The van der Waals surface area contributed by atoms with Crippen LogP contribution in [0.4, 0.5) is 11.5 Å². The number of rotatable bonds is 3. The van der Waals surface area contributed by atoms with Crippen LogP contribution in [0.15, 0.2) is 30.3 Å². The van der Waals surface area contributed by atoms with Crippen molar-refractivity contribution in [2.24, 2.45) is 0 Å². The molecule has 0 aliphatic heterocycles. The molecular weight excluding hydrogens is 334 g/mol. The number of nitrogens with two attached hydrogens (primary N) is 2. The number of fused-ring (bicyclic) bond motifs is 1. The third-order valence-corrected chi connectivity index (χ3v) is 5.30. The van der Waals surface area contributed by atoms with Crippen LogP contribution in [-0.4, -0.2) is 16.9 Å². The Morgan fingerprint density at radius 2 is 2.00 bits per heavy atom. The predicted molar refractivity (Wildman–Crippen MR) is 99.1 cm³/mol. The molecule has 0 spiro atoms. The highest BCUT2D eigenvalue weighted by Gasteiger charge is 2.28. The predicted octanol–water partition coefficient (Wildman–Crippen LogP) is 2.89. The van der Waals surface area contributed by atoms with Crippen LogP contribution in [0.2, 0.25) is 0 Å². The van der Waals surface area contributed by atoms with Crippen molar-refractivity contribution < 1.29 is 4.79 Å². The molecule has 6 nitrogen and oxygen atoms in total. The van der Waals surface area contributed by atoms with Crippen LogP contribution in [0, 0.1) is 11.3 Å². The Labute approximate surface area is 148 Å².